The van der Waals surface area contributed by atoms with Gasteiger partial charge in [0.1, 0.15) is 5.75 Å². The minimum Gasteiger partial charge on any atom is -0.497 e. The lowest BCUT2D eigenvalue weighted by atomic mass is 10.1. The maximum Gasteiger partial charge on any atom is 0.119 e. The summed E-state index contributed by atoms with van der Waals surface area (Å²) in [5.74, 6) is 0.849. The van der Waals surface area contributed by atoms with Crippen molar-refractivity contribution < 1.29 is 9.47 Å². The molecule has 0 fully saturated rings. The van der Waals surface area contributed by atoms with Crippen molar-refractivity contribution >= 4 is 17.1 Å². The summed E-state index contributed by atoms with van der Waals surface area (Å²) in [7, 11) is 3.39. The molecule has 3 rings (SSSR count). The van der Waals surface area contributed by atoms with Crippen LogP contribution in [-0.2, 0) is 11.3 Å². The molecule has 3 aromatic rings. The Morgan fingerprint density at radius 2 is 1.21 bits per heavy atom. The molecule has 3 heteroatoms. The van der Waals surface area contributed by atoms with Crippen LogP contribution in [0.2, 0.25) is 0 Å². The first-order valence-corrected chi connectivity index (χ1v) is 7.89. The van der Waals surface area contributed by atoms with Gasteiger partial charge in [-0.3, -0.25) is 0 Å². The molecule has 0 radical (unpaired) electrons. The summed E-state index contributed by atoms with van der Waals surface area (Å²) in [5.41, 5.74) is 4.46. The molecular formula is C21H21NO2. The fourth-order valence-corrected chi connectivity index (χ4v) is 2.66. The van der Waals surface area contributed by atoms with Crippen LogP contribution in [0.4, 0.5) is 17.1 Å². The first-order valence-electron chi connectivity index (χ1n) is 7.89. The number of rotatable bonds is 6. The monoisotopic (exact) mass is 319 g/mol. The molecule has 0 atom stereocenters. The lowest BCUT2D eigenvalue weighted by Gasteiger charge is -2.25. The van der Waals surface area contributed by atoms with Crippen LogP contribution in [0.5, 0.6) is 5.75 Å². The van der Waals surface area contributed by atoms with Gasteiger partial charge in [-0.15, -0.1) is 0 Å². The lowest BCUT2D eigenvalue weighted by molar-refractivity contribution is 0.185. The van der Waals surface area contributed by atoms with Gasteiger partial charge in [0, 0.05) is 24.2 Å². The molecular weight excluding hydrogens is 298 g/mol. The van der Waals surface area contributed by atoms with E-state index < -0.39 is 0 Å². The molecule has 0 bridgehead atoms. The second kappa shape index (κ2) is 7.66. The molecule has 3 nitrogen and oxygen atoms in total. The van der Waals surface area contributed by atoms with Crippen LogP contribution in [0.3, 0.4) is 0 Å². The minimum absolute atomic E-state index is 0.619. The standard InChI is InChI=1S/C21H21NO2/c1-23-16-17-8-10-19(11-9-17)22(18-6-4-3-5-7-18)20-12-14-21(24-2)15-13-20/h3-15H,16H2,1-2H3. The average molecular weight is 319 g/mol. The largest absolute Gasteiger partial charge is 0.497 e. The van der Waals surface area contributed by atoms with Crippen molar-refractivity contribution in [2.75, 3.05) is 19.1 Å². The van der Waals surface area contributed by atoms with Crippen molar-refractivity contribution in [3.63, 3.8) is 0 Å². The van der Waals surface area contributed by atoms with Gasteiger partial charge in [0.2, 0.25) is 0 Å². The minimum atomic E-state index is 0.619. The lowest BCUT2D eigenvalue weighted by Crippen LogP contribution is -2.09. The van der Waals surface area contributed by atoms with Crippen molar-refractivity contribution in [3.8, 4) is 5.75 Å². The summed E-state index contributed by atoms with van der Waals surface area (Å²) < 4.78 is 10.5. The summed E-state index contributed by atoms with van der Waals surface area (Å²) in [5, 5.41) is 0. The van der Waals surface area contributed by atoms with E-state index in [0.29, 0.717) is 6.61 Å². The first kappa shape index (κ1) is 16.1. The van der Waals surface area contributed by atoms with E-state index in [4.69, 9.17) is 9.47 Å². The van der Waals surface area contributed by atoms with Crippen LogP contribution in [0, 0.1) is 0 Å². The molecule has 0 saturated heterocycles. The van der Waals surface area contributed by atoms with Gasteiger partial charge in [0.25, 0.3) is 0 Å². The van der Waals surface area contributed by atoms with Crippen molar-refractivity contribution in [3.05, 3.63) is 84.4 Å². The number of para-hydroxylation sites is 1. The van der Waals surface area contributed by atoms with Crippen molar-refractivity contribution in [2.24, 2.45) is 0 Å². The zero-order valence-corrected chi connectivity index (χ0v) is 14.0. The van der Waals surface area contributed by atoms with Crippen LogP contribution in [0.1, 0.15) is 5.56 Å². The van der Waals surface area contributed by atoms with E-state index >= 15 is 0 Å². The number of nitrogens with zero attached hydrogens (tertiary/aromatic N) is 1. The second-order valence-corrected chi connectivity index (χ2v) is 5.47. The third kappa shape index (κ3) is 3.58. The number of ether oxygens (including phenoxy) is 2. The van der Waals surface area contributed by atoms with Gasteiger partial charge in [0.05, 0.1) is 13.7 Å². The summed E-state index contributed by atoms with van der Waals surface area (Å²) in [6.07, 6.45) is 0. The zero-order chi connectivity index (χ0) is 16.8. The molecule has 0 aliphatic heterocycles. The Bertz CT molecular complexity index is 752. The third-order valence-corrected chi connectivity index (χ3v) is 3.85. The number of hydrogen-bond donors (Lipinski definition) is 0. The maximum absolute atomic E-state index is 5.27. The molecule has 0 aliphatic rings. The third-order valence-electron chi connectivity index (χ3n) is 3.85. The highest BCUT2D eigenvalue weighted by molar-refractivity contribution is 5.76. The van der Waals surface area contributed by atoms with Crippen LogP contribution in [0.25, 0.3) is 0 Å². The number of methoxy groups -OCH3 is 2. The van der Waals surface area contributed by atoms with Crippen LogP contribution < -0.4 is 9.64 Å². The molecule has 0 amide bonds. The highest BCUT2D eigenvalue weighted by atomic mass is 16.5. The van der Waals surface area contributed by atoms with Crippen LogP contribution in [-0.4, -0.2) is 14.2 Å². The molecule has 0 aromatic heterocycles. The maximum atomic E-state index is 5.27. The summed E-state index contributed by atoms with van der Waals surface area (Å²) in [6.45, 7) is 0.619. The fraction of sp³-hybridized carbons (Fsp3) is 0.143. The Balaban J connectivity index is 2.01. The molecule has 0 saturated carbocycles. The zero-order valence-electron chi connectivity index (χ0n) is 14.0. The van der Waals surface area contributed by atoms with E-state index in [1.54, 1.807) is 14.2 Å². The molecule has 0 N–H and O–H groups in total. The molecule has 24 heavy (non-hydrogen) atoms. The van der Waals surface area contributed by atoms with Crippen LogP contribution in [0.15, 0.2) is 78.9 Å². The molecule has 0 aliphatic carbocycles. The van der Waals surface area contributed by atoms with E-state index in [2.05, 4.69) is 53.4 Å². The van der Waals surface area contributed by atoms with Gasteiger partial charge in [-0.2, -0.15) is 0 Å². The quantitative estimate of drug-likeness (QED) is 0.614. The Morgan fingerprint density at radius 3 is 1.75 bits per heavy atom. The Kier molecular flexibility index (Phi) is 5.14. The Morgan fingerprint density at radius 1 is 0.667 bits per heavy atom. The van der Waals surface area contributed by atoms with E-state index in [-0.39, 0.29) is 0 Å². The summed E-state index contributed by atoms with van der Waals surface area (Å²) in [6, 6.07) is 26.8. The van der Waals surface area contributed by atoms with Gasteiger partial charge in [-0.05, 0) is 54.1 Å². The normalized spacial score (nSPS) is 10.4. The SMILES string of the molecule is COCc1ccc(N(c2ccccc2)c2ccc(OC)cc2)cc1. The molecule has 122 valence electrons. The van der Waals surface area contributed by atoms with Gasteiger partial charge in [0.15, 0.2) is 0 Å². The van der Waals surface area contributed by atoms with Gasteiger partial charge >= 0.3 is 0 Å². The van der Waals surface area contributed by atoms with E-state index in [1.165, 1.54) is 0 Å². The molecule has 0 unspecified atom stereocenters. The topological polar surface area (TPSA) is 21.7 Å². The van der Waals surface area contributed by atoms with Gasteiger partial charge in [-0.25, -0.2) is 0 Å². The predicted octanol–water partition coefficient (Wildman–Crippen LogP) is 5.31. The average Bonchev–Trinajstić information content (AvgIpc) is 2.65. The molecule has 0 spiro atoms. The smallest absolute Gasteiger partial charge is 0.119 e. The van der Waals surface area contributed by atoms with Gasteiger partial charge < -0.3 is 14.4 Å². The van der Waals surface area contributed by atoms with Crippen molar-refractivity contribution in [1.82, 2.24) is 0 Å². The van der Waals surface area contributed by atoms with Crippen molar-refractivity contribution in [2.45, 2.75) is 6.61 Å². The summed E-state index contributed by atoms with van der Waals surface area (Å²) in [4.78, 5) is 2.22. The van der Waals surface area contributed by atoms with Crippen LogP contribution >= 0.6 is 0 Å². The highest BCUT2D eigenvalue weighted by Crippen LogP contribution is 2.35. The van der Waals surface area contributed by atoms with E-state index in [9.17, 15) is 0 Å². The molecule has 3 aromatic carbocycles. The van der Waals surface area contributed by atoms with Crippen molar-refractivity contribution in [1.29, 1.82) is 0 Å². The number of anilines is 3. The van der Waals surface area contributed by atoms with E-state index in [0.717, 1.165) is 28.4 Å². The second-order valence-electron chi connectivity index (χ2n) is 5.47. The molecule has 0 heterocycles. The van der Waals surface area contributed by atoms with Gasteiger partial charge in [-0.1, -0.05) is 30.3 Å². The fourth-order valence-electron chi connectivity index (χ4n) is 2.66. The Labute approximate surface area is 143 Å². The van der Waals surface area contributed by atoms with E-state index in [1.807, 2.05) is 30.3 Å². The number of benzene rings is 3. The summed E-state index contributed by atoms with van der Waals surface area (Å²) >= 11 is 0. The number of hydrogen-bond acceptors (Lipinski definition) is 3. The highest BCUT2D eigenvalue weighted by Gasteiger charge is 2.12. The first-order chi connectivity index (χ1) is 11.8. The predicted molar refractivity (Wildman–Crippen MR) is 98.4 cm³/mol. The Hall–Kier alpha value is -2.78.